The van der Waals surface area contributed by atoms with Crippen molar-refractivity contribution in [1.82, 2.24) is 0 Å². The molecule has 1 aliphatic rings. The van der Waals surface area contributed by atoms with Gasteiger partial charge >= 0.3 is 0 Å². The quantitative estimate of drug-likeness (QED) is 0.723. The van der Waals surface area contributed by atoms with E-state index in [1.165, 1.54) is 36.3 Å². The second-order valence-corrected chi connectivity index (χ2v) is 5.79. The SMILES string of the molecule is CCSCC1(c2cccc(C=O)c2)CCC1. The number of hydrogen-bond acceptors (Lipinski definition) is 2. The molecule has 1 saturated carbocycles. The van der Waals surface area contributed by atoms with Gasteiger partial charge in [-0.1, -0.05) is 31.5 Å². The van der Waals surface area contributed by atoms with Crippen LogP contribution in [0.4, 0.5) is 0 Å². The van der Waals surface area contributed by atoms with Crippen molar-refractivity contribution >= 4 is 18.0 Å². The van der Waals surface area contributed by atoms with Gasteiger partial charge in [-0.2, -0.15) is 11.8 Å². The molecule has 86 valence electrons. The lowest BCUT2D eigenvalue weighted by Crippen LogP contribution is -2.37. The maximum atomic E-state index is 10.8. The Morgan fingerprint density at radius 1 is 1.44 bits per heavy atom. The molecular formula is C14H18OS. The Labute approximate surface area is 102 Å². The van der Waals surface area contributed by atoms with Crippen molar-refractivity contribution < 1.29 is 4.79 Å². The first kappa shape index (κ1) is 11.7. The molecule has 0 aromatic heterocycles. The van der Waals surface area contributed by atoms with Gasteiger partial charge in [-0.3, -0.25) is 4.79 Å². The average Bonchev–Trinajstić information content (AvgIpc) is 2.28. The molecule has 0 bridgehead atoms. The Hall–Kier alpha value is -0.760. The first-order chi connectivity index (χ1) is 7.80. The van der Waals surface area contributed by atoms with E-state index in [1.807, 2.05) is 23.9 Å². The highest BCUT2D eigenvalue weighted by atomic mass is 32.2. The second-order valence-electron chi connectivity index (χ2n) is 4.51. The standard InChI is InChI=1S/C14H18OS/c1-2-16-11-14(7-4-8-14)13-6-3-5-12(9-13)10-15/h3,5-6,9-10H,2,4,7-8,11H2,1H3. The van der Waals surface area contributed by atoms with Crippen LogP contribution in [-0.2, 0) is 5.41 Å². The molecular weight excluding hydrogens is 216 g/mol. The molecule has 1 aromatic rings. The maximum Gasteiger partial charge on any atom is 0.150 e. The van der Waals surface area contributed by atoms with Crippen molar-refractivity contribution in [2.75, 3.05) is 11.5 Å². The van der Waals surface area contributed by atoms with Crippen LogP contribution in [0.15, 0.2) is 24.3 Å². The number of carbonyl (C=O) groups is 1. The molecule has 1 aromatic carbocycles. The molecule has 2 heteroatoms. The third-order valence-corrected chi connectivity index (χ3v) is 4.69. The Bertz CT molecular complexity index is 369. The molecule has 16 heavy (non-hydrogen) atoms. The van der Waals surface area contributed by atoms with E-state index in [0.29, 0.717) is 5.41 Å². The van der Waals surface area contributed by atoms with Gasteiger partial charge in [0.15, 0.2) is 0 Å². The van der Waals surface area contributed by atoms with Crippen molar-refractivity contribution in [1.29, 1.82) is 0 Å². The van der Waals surface area contributed by atoms with Crippen LogP contribution in [-0.4, -0.2) is 17.8 Å². The van der Waals surface area contributed by atoms with Crippen LogP contribution in [0.2, 0.25) is 0 Å². The number of rotatable bonds is 5. The Kier molecular flexibility index (Phi) is 3.70. The van der Waals surface area contributed by atoms with E-state index in [2.05, 4.69) is 19.1 Å². The topological polar surface area (TPSA) is 17.1 Å². The summed E-state index contributed by atoms with van der Waals surface area (Å²) in [4.78, 5) is 10.8. The fraction of sp³-hybridized carbons (Fsp3) is 0.500. The summed E-state index contributed by atoms with van der Waals surface area (Å²) >= 11 is 2.01. The summed E-state index contributed by atoms with van der Waals surface area (Å²) in [6.45, 7) is 2.21. The van der Waals surface area contributed by atoms with E-state index in [1.54, 1.807) is 0 Å². The molecule has 0 heterocycles. The minimum Gasteiger partial charge on any atom is -0.298 e. The van der Waals surface area contributed by atoms with Crippen molar-refractivity contribution in [2.45, 2.75) is 31.6 Å². The Morgan fingerprint density at radius 3 is 2.81 bits per heavy atom. The lowest BCUT2D eigenvalue weighted by atomic mass is 9.65. The highest BCUT2D eigenvalue weighted by Crippen LogP contribution is 2.45. The van der Waals surface area contributed by atoms with Gasteiger partial charge in [0.1, 0.15) is 6.29 Å². The second kappa shape index (κ2) is 5.05. The Morgan fingerprint density at radius 2 is 2.25 bits per heavy atom. The molecule has 0 N–H and O–H groups in total. The van der Waals surface area contributed by atoms with Crippen LogP contribution < -0.4 is 0 Å². The summed E-state index contributed by atoms with van der Waals surface area (Å²) in [5.41, 5.74) is 2.54. The minimum absolute atomic E-state index is 0.361. The zero-order valence-corrected chi connectivity index (χ0v) is 10.6. The molecule has 0 aliphatic heterocycles. The summed E-state index contributed by atoms with van der Waals surface area (Å²) < 4.78 is 0. The Balaban J connectivity index is 2.21. The van der Waals surface area contributed by atoms with Crippen LogP contribution in [0, 0.1) is 0 Å². The number of hydrogen-bond donors (Lipinski definition) is 0. The maximum absolute atomic E-state index is 10.8. The number of benzene rings is 1. The first-order valence-electron chi connectivity index (χ1n) is 5.94. The highest BCUT2D eigenvalue weighted by molar-refractivity contribution is 7.99. The van der Waals surface area contributed by atoms with Crippen molar-refractivity contribution in [3.8, 4) is 0 Å². The molecule has 0 atom stereocenters. The van der Waals surface area contributed by atoms with Gasteiger partial charge in [0.25, 0.3) is 0 Å². The summed E-state index contributed by atoms with van der Waals surface area (Å²) in [5.74, 6) is 2.38. The van der Waals surface area contributed by atoms with Gasteiger partial charge < -0.3 is 0 Å². The highest BCUT2D eigenvalue weighted by Gasteiger charge is 2.38. The number of aldehydes is 1. The molecule has 0 amide bonds. The van der Waals surface area contributed by atoms with Crippen LogP contribution in [0.1, 0.15) is 42.1 Å². The molecule has 1 nitrogen and oxygen atoms in total. The lowest BCUT2D eigenvalue weighted by Gasteiger charge is -2.42. The van der Waals surface area contributed by atoms with E-state index in [0.717, 1.165) is 11.8 Å². The van der Waals surface area contributed by atoms with Crippen LogP contribution >= 0.6 is 11.8 Å². The fourth-order valence-corrected chi connectivity index (χ4v) is 3.41. The molecule has 0 saturated heterocycles. The van der Waals surface area contributed by atoms with Crippen LogP contribution in [0.5, 0.6) is 0 Å². The smallest absolute Gasteiger partial charge is 0.150 e. The minimum atomic E-state index is 0.361. The largest absolute Gasteiger partial charge is 0.298 e. The normalized spacial score (nSPS) is 17.8. The van der Waals surface area contributed by atoms with Gasteiger partial charge in [0, 0.05) is 16.7 Å². The molecule has 0 unspecified atom stereocenters. The molecule has 1 aliphatic carbocycles. The lowest BCUT2D eigenvalue weighted by molar-refractivity contribution is 0.112. The van der Waals surface area contributed by atoms with E-state index in [-0.39, 0.29) is 0 Å². The van der Waals surface area contributed by atoms with E-state index < -0.39 is 0 Å². The average molecular weight is 234 g/mol. The third-order valence-electron chi connectivity index (χ3n) is 3.53. The third kappa shape index (κ3) is 2.17. The zero-order chi connectivity index (χ0) is 11.4. The predicted octanol–water partition coefficient (Wildman–Crippen LogP) is 3.67. The number of carbonyl (C=O) groups excluding carboxylic acids is 1. The summed E-state index contributed by atoms with van der Waals surface area (Å²) in [7, 11) is 0. The molecule has 2 rings (SSSR count). The predicted molar refractivity (Wildman–Crippen MR) is 70.4 cm³/mol. The number of thioether (sulfide) groups is 1. The van der Waals surface area contributed by atoms with Gasteiger partial charge in [-0.15, -0.1) is 0 Å². The summed E-state index contributed by atoms with van der Waals surface area (Å²) in [6.07, 6.45) is 4.84. The van der Waals surface area contributed by atoms with Gasteiger partial charge in [0.2, 0.25) is 0 Å². The van der Waals surface area contributed by atoms with E-state index in [9.17, 15) is 4.79 Å². The summed E-state index contributed by atoms with van der Waals surface area (Å²) in [6, 6.07) is 8.15. The van der Waals surface area contributed by atoms with Gasteiger partial charge in [0.05, 0.1) is 0 Å². The van der Waals surface area contributed by atoms with Gasteiger partial charge in [-0.05, 0) is 30.2 Å². The van der Waals surface area contributed by atoms with Crippen molar-refractivity contribution in [3.63, 3.8) is 0 Å². The van der Waals surface area contributed by atoms with Crippen molar-refractivity contribution in [2.24, 2.45) is 0 Å². The molecule has 1 fully saturated rings. The molecule has 0 radical (unpaired) electrons. The van der Waals surface area contributed by atoms with Crippen LogP contribution in [0.3, 0.4) is 0 Å². The fourth-order valence-electron chi connectivity index (χ4n) is 2.36. The summed E-state index contributed by atoms with van der Waals surface area (Å²) in [5, 5.41) is 0. The first-order valence-corrected chi connectivity index (χ1v) is 7.10. The van der Waals surface area contributed by atoms with Crippen molar-refractivity contribution in [3.05, 3.63) is 35.4 Å². The van der Waals surface area contributed by atoms with Gasteiger partial charge in [-0.25, -0.2) is 0 Å². The zero-order valence-electron chi connectivity index (χ0n) is 9.74. The van der Waals surface area contributed by atoms with E-state index in [4.69, 9.17) is 0 Å². The van der Waals surface area contributed by atoms with E-state index >= 15 is 0 Å². The molecule has 0 spiro atoms. The monoisotopic (exact) mass is 234 g/mol. The van der Waals surface area contributed by atoms with Crippen LogP contribution in [0.25, 0.3) is 0 Å².